The van der Waals surface area contributed by atoms with Gasteiger partial charge in [0.05, 0.1) is 31.1 Å². The highest BCUT2D eigenvalue weighted by atomic mass is 32.1. The number of rotatable bonds is 9. The SMILES string of the molecule is COc1cc(/C=N/Nc2nc(-c3cccc([N+](=O)[O-])c3)cs2)ccc1OC(=O)c1ccccc1OC. The first-order valence-corrected chi connectivity index (χ1v) is 11.4. The smallest absolute Gasteiger partial charge is 0.347 e. The molecule has 10 nitrogen and oxygen atoms in total. The van der Waals surface area contributed by atoms with Crippen LogP contribution >= 0.6 is 11.3 Å². The van der Waals surface area contributed by atoms with Crippen LogP contribution in [-0.4, -0.2) is 36.3 Å². The van der Waals surface area contributed by atoms with E-state index in [2.05, 4.69) is 15.5 Å². The number of nitro benzene ring substituents is 1. The summed E-state index contributed by atoms with van der Waals surface area (Å²) in [5, 5.41) is 17.5. The van der Waals surface area contributed by atoms with E-state index in [1.54, 1.807) is 66.2 Å². The minimum Gasteiger partial charge on any atom is -0.496 e. The number of esters is 1. The van der Waals surface area contributed by atoms with Crippen LogP contribution in [0.15, 0.2) is 77.2 Å². The number of para-hydroxylation sites is 1. The molecular formula is C25H20N4O6S. The van der Waals surface area contributed by atoms with Crippen molar-refractivity contribution in [2.45, 2.75) is 0 Å². The average molecular weight is 505 g/mol. The van der Waals surface area contributed by atoms with Crippen molar-refractivity contribution in [2.24, 2.45) is 5.10 Å². The van der Waals surface area contributed by atoms with Gasteiger partial charge in [0.2, 0.25) is 5.13 Å². The molecule has 11 heteroatoms. The van der Waals surface area contributed by atoms with Gasteiger partial charge in [-0.25, -0.2) is 9.78 Å². The molecule has 0 aliphatic heterocycles. The third kappa shape index (κ3) is 5.65. The minimum absolute atomic E-state index is 0.000917. The lowest BCUT2D eigenvalue weighted by Gasteiger charge is -2.11. The molecule has 1 N–H and O–H groups in total. The average Bonchev–Trinajstić information content (AvgIpc) is 3.38. The summed E-state index contributed by atoms with van der Waals surface area (Å²) >= 11 is 1.31. The number of non-ortho nitro benzene ring substituents is 1. The predicted octanol–water partition coefficient (Wildman–Crippen LogP) is 5.40. The van der Waals surface area contributed by atoms with Crippen LogP contribution in [0, 0.1) is 10.1 Å². The maximum absolute atomic E-state index is 12.6. The van der Waals surface area contributed by atoms with E-state index in [0.717, 1.165) is 0 Å². The van der Waals surface area contributed by atoms with Crippen LogP contribution in [0.4, 0.5) is 10.8 Å². The standard InChI is InChI=1S/C25H20N4O6S/c1-33-21-9-4-3-8-19(21)24(30)35-22-11-10-16(12-23(22)34-2)14-26-28-25-27-20(15-36-25)17-6-5-7-18(13-17)29(31)32/h3-15H,1-2H3,(H,27,28)/b26-14+. The number of hydrogen-bond donors (Lipinski definition) is 1. The van der Waals surface area contributed by atoms with Gasteiger partial charge in [0.1, 0.15) is 11.3 Å². The Bertz CT molecular complexity index is 1440. The number of nitrogens with one attached hydrogen (secondary N) is 1. The fraction of sp³-hybridized carbons (Fsp3) is 0.0800. The van der Waals surface area contributed by atoms with Crippen LogP contribution < -0.4 is 19.6 Å². The summed E-state index contributed by atoms with van der Waals surface area (Å²) in [6, 6.07) is 18.0. The highest BCUT2D eigenvalue weighted by Gasteiger charge is 2.16. The number of hydrogen-bond acceptors (Lipinski definition) is 10. The van der Waals surface area contributed by atoms with Crippen LogP contribution in [0.5, 0.6) is 17.2 Å². The summed E-state index contributed by atoms with van der Waals surface area (Å²) in [6.07, 6.45) is 1.56. The van der Waals surface area contributed by atoms with Gasteiger partial charge >= 0.3 is 5.97 Å². The zero-order valence-electron chi connectivity index (χ0n) is 19.2. The molecule has 0 atom stereocenters. The van der Waals surface area contributed by atoms with Crippen molar-refractivity contribution in [3.8, 4) is 28.5 Å². The quantitative estimate of drug-likeness (QED) is 0.106. The Morgan fingerprint density at radius 3 is 2.61 bits per heavy atom. The monoisotopic (exact) mass is 504 g/mol. The van der Waals surface area contributed by atoms with Crippen LogP contribution in [0.3, 0.4) is 0 Å². The number of benzene rings is 3. The lowest BCUT2D eigenvalue weighted by molar-refractivity contribution is -0.384. The summed E-state index contributed by atoms with van der Waals surface area (Å²) < 4.78 is 16.1. The van der Waals surface area contributed by atoms with E-state index in [1.807, 2.05) is 0 Å². The number of nitrogens with zero attached hydrogens (tertiary/aromatic N) is 3. The molecule has 0 radical (unpaired) electrons. The van der Waals surface area contributed by atoms with Gasteiger partial charge in [-0.2, -0.15) is 5.10 Å². The van der Waals surface area contributed by atoms with E-state index in [1.165, 1.54) is 37.7 Å². The Labute approximate surface area is 209 Å². The molecule has 0 aliphatic rings. The van der Waals surface area contributed by atoms with Crippen molar-refractivity contribution < 1.29 is 23.9 Å². The molecule has 0 amide bonds. The first-order chi connectivity index (χ1) is 17.5. The van der Waals surface area contributed by atoms with Gasteiger partial charge in [-0.05, 0) is 35.9 Å². The number of hydrazone groups is 1. The van der Waals surface area contributed by atoms with Crippen molar-refractivity contribution >= 4 is 34.3 Å². The molecule has 0 spiro atoms. The van der Waals surface area contributed by atoms with Crippen LogP contribution in [0.25, 0.3) is 11.3 Å². The Balaban J connectivity index is 1.43. The van der Waals surface area contributed by atoms with Gasteiger partial charge in [-0.3, -0.25) is 15.5 Å². The fourth-order valence-corrected chi connectivity index (χ4v) is 3.88. The summed E-state index contributed by atoms with van der Waals surface area (Å²) in [4.78, 5) is 27.6. The molecule has 0 saturated carbocycles. The van der Waals surface area contributed by atoms with E-state index in [0.29, 0.717) is 39.0 Å². The van der Waals surface area contributed by atoms with Crippen LogP contribution in [0.1, 0.15) is 15.9 Å². The number of aromatic nitrogens is 1. The second-order valence-corrected chi connectivity index (χ2v) is 8.07. The molecule has 182 valence electrons. The van der Waals surface area contributed by atoms with Crippen LogP contribution in [-0.2, 0) is 0 Å². The number of nitro groups is 1. The number of methoxy groups -OCH3 is 2. The number of carbonyl (C=O) groups is 1. The second kappa shape index (κ2) is 11.1. The summed E-state index contributed by atoms with van der Waals surface area (Å²) in [7, 11) is 2.95. The van der Waals surface area contributed by atoms with E-state index >= 15 is 0 Å². The third-order valence-electron chi connectivity index (χ3n) is 4.95. The van der Waals surface area contributed by atoms with Gasteiger partial charge in [-0.15, -0.1) is 11.3 Å². The van der Waals surface area contributed by atoms with Gasteiger partial charge in [0, 0.05) is 23.1 Å². The van der Waals surface area contributed by atoms with Crippen LogP contribution in [0.2, 0.25) is 0 Å². The highest BCUT2D eigenvalue weighted by molar-refractivity contribution is 7.14. The van der Waals surface area contributed by atoms with Gasteiger partial charge in [0.15, 0.2) is 11.5 Å². The summed E-state index contributed by atoms with van der Waals surface area (Å²) in [5.41, 5.74) is 5.06. The Kier molecular flexibility index (Phi) is 7.51. The maximum atomic E-state index is 12.6. The molecule has 1 aromatic heterocycles. The third-order valence-corrected chi connectivity index (χ3v) is 5.69. The Morgan fingerprint density at radius 1 is 1.03 bits per heavy atom. The van der Waals surface area contributed by atoms with Crippen molar-refractivity contribution in [1.29, 1.82) is 0 Å². The first-order valence-electron chi connectivity index (χ1n) is 10.5. The number of ether oxygens (including phenoxy) is 3. The molecule has 36 heavy (non-hydrogen) atoms. The Morgan fingerprint density at radius 2 is 1.83 bits per heavy atom. The number of thiazole rings is 1. The molecule has 0 aliphatic carbocycles. The fourth-order valence-electron chi connectivity index (χ4n) is 3.22. The molecule has 3 aromatic carbocycles. The number of carbonyl (C=O) groups excluding carboxylic acids is 1. The van der Waals surface area contributed by atoms with Gasteiger partial charge in [0.25, 0.3) is 5.69 Å². The zero-order chi connectivity index (χ0) is 25.5. The number of anilines is 1. The second-order valence-electron chi connectivity index (χ2n) is 7.22. The normalized spacial score (nSPS) is 10.7. The topological polar surface area (TPSA) is 125 Å². The molecule has 1 heterocycles. The lowest BCUT2D eigenvalue weighted by atomic mass is 10.1. The molecule has 4 rings (SSSR count). The van der Waals surface area contributed by atoms with Gasteiger partial charge < -0.3 is 14.2 Å². The van der Waals surface area contributed by atoms with E-state index in [-0.39, 0.29) is 11.4 Å². The van der Waals surface area contributed by atoms with Crippen molar-refractivity contribution in [2.75, 3.05) is 19.6 Å². The molecule has 0 unspecified atom stereocenters. The molecule has 0 fully saturated rings. The predicted molar refractivity (Wildman–Crippen MR) is 136 cm³/mol. The van der Waals surface area contributed by atoms with Crippen molar-refractivity contribution in [1.82, 2.24) is 4.98 Å². The molecule has 0 saturated heterocycles. The van der Waals surface area contributed by atoms with E-state index < -0.39 is 10.9 Å². The van der Waals surface area contributed by atoms with Crippen molar-refractivity contribution in [3.05, 3.63) is 93.4 Å². The minimum atomic E-state index is -0.572. The van der Waals surface area contributed by atoms with E-state index in [4.69, 9.17) is 14.2 Å². The van der Waals surface area contributed by atoms with E-state index in [9.17, 15) is 14.9 Å². The molecule has 4 aromatic rings. The largest absolute Gasteiger partial charge is 0.496 e. The Hall–Kier alpha value is -4.77. The molecular weight excluding hydrogens is 484 g/mol. The lowest BCUT2D eigenvalue weighted by Crippen LogP contribution is -2.10. The molecule has 0 bridgehead atoms. The van der Waals surface area contributed by atoms with Crippen molar-refractivity contribution in [3.63, 3.8) is 0 Å². The van der Waals surface area contributed by atoms with Gasteiger partial charge in [-0.1, -0.05) is 24.3 Å². The summed E-state index contributed by atoms with van der Waals surface area (Å²) in [5.74, 6) is 0.439. The summed E-state index contributed by atoms with van der Waals surface area (Å²) in [6.45, 7) is 0. The highest BCUT2D eigenvalue weighted by Crippen LogP contribution is 2.30. The zero-order valence-corrected chi connectivity index (χ0v) is 20.0. The maximum Gasteiger partial charge on any atom is 0.347 e. The first kappa shape index (κ1) is 24.4.